The minimum atomic E-state index is 0.00128. The molecular formula is C12H24N2O2. The number of ether oxygens (including phenoxy) is 1. The Bertz CT molecular complexity index is 215. The van der Waals surface area contributed by atoms with Crippen LogP contribution in [0.15, 0.2) is 0 Å². The van der Waals surface area contributed by atoms with E-state index in [9.17, 15) is 4.79 Å². The Morgan fingerprint density at radius 1 is 1.56 bits per heavy atom. The van der Waals surface area contributed by atoms with Gasteiger partial charge in [-0.2, -0.15) is 0 Å². The highest BCUT2D eigenvalue weighted by Crippen LogP contribution is 2.14. The number of amides is 1. The van der Waals surface area contributed by atoms with E-state index < -0.39 is 0 Å². The van der Waals surface area contributed by atoms with Crippen LogP contribution in [0.2, 0.25) is 0 Å². The monoisotopic (exact) mass is 228 g/mol. The third-order valence-corrected chi connectivity index (χ3v) is 3.20. The van der Waals surface area contributed by atoms with Crippen molar-refractivity contribution in [3.63, 3.8) is 0 Å². The van der Waals surface area contributed by atoms with E-state index in [1.54, 1.807) is 0 Å². The SMILES string of the molecule is CCC(N)CC(=O)N(CC)CC1CCOC1. The highest BCUT2D eigenvalue weighted by Gasteiger charge is 2.22. The van der Waals surface area contributed by atoms with Gasteiger partial charge in [0.15, 0.2) is 0 Å². The Balaban J connectivity index is 2.36. The summed E-state index contributed by atoms with van der Waals surface area (Å²) in [4.78, 5) is 13.8. The van der Waals surface area contributed by atoms with Crippen molar-refractivity contribution in [2.24, 2.45) is 11.7 Å². The van der Waals surface area contributed by atoms with Crippen LogP contribution in [0.5, 0.6) is 0 Å². The minimum absolute atomic E-state index is 0.00128. The molecule has 0 aliphatic carbocycles. The molecule has 0 aromatic heterocycles. The predicted molar refractivity (Wildman–Crippen MR) is 64.1 cm³/mol. The van der Waals surface area contributed by atoms with Gasteiger partial charge in [-0.05, 0) is 19.8 Å². The molecule has 0 bridgehead atoms. The Morgan fingerprint density at radius 3 is 2.81 bits per heavy atom. The number of carbonyl (C=O) groups is 1. The van der Waals surface area contributed by atoms with Crippen LogP contribution >= 0.6 is 0 Å². The van der Waals surface area contributed by atoms with Crippen molar-refractivity contribution >= 4 is 5.91 Å². The Labute approximate surface area is 98.1 Å². The molecule has 1 rings (SSSR count). The van der Waals surface area contributed by atoms with E-state index in [0.29, 0.717) is 12.3 Å². The summed E-state index contributed by atoms with van der Waals surface area (Å²) in [5.41, 5.74) is 5.80. The molecule has 0 spiro atoms. The van der Waals surface area contributed by atoms with E-state index in [4.69, 9.17) is 10.5 Å². The van der Waals surface area contributed by atoms with Crippen LogP contribution in [0, 0.1) is 5.92 Å². The van der Waals surface area contributed by atoms with Gasteiger partial charge >= 0.3 is 0 Å². The maximum absolute atomic E-state index is 11.9. The van der Waals surface area contributed by atoms with E-state index in [-0.39, 0.29) is 11.9 Å². The van der Waals surface area contributed by atoms with Crippen molar-refractivity contribution in [3.05, 3.63) is 0 Å². The van der Waals surface area contributed by atoms with E-state index in [0.717, 1.165) is 39.1 Å². The van der Waals surface area contributed by atoms with Gasteiger partial charge in [-0.1, -0.05) is 6.92 Å². The zero-order valence-electron chi connectivity index (χ0n) is 10.4. The van der Waals surface area contributed by atoms with Crippen LogP contribution in [-0.2, 0) is 9.53 Å². The van der Waals surface area contributed by atoms with Crippen molar-refractivity contribution in [1.82, 2.24) is 4.90 Å². The third kappa shape index (κ3) is 4.10. The molecule has 0 aromatic carbocycles. The van der Waals surface area contributed by atoms with Crippen molar-refractivity contribution in [1.29, 1.82) is 0 Å². The molecule has 1 aliphatic heterocycles. The van der Waals surface area contributed by atoms with Crippen molar-refractivity contribution in [3.8, 4) is 0 Å². The second-order valence-electron chi connectivity index (χ2n) is 4.53. The Kier molecular flexibility index (Phi) is 5.77. The molecule has 16 heavy (non-hydrogen) atoms. The topological polar surface area (TPSA) is 55.6 Å². The van der Waals surface area contributed by atoms with Gasteiger partial charge < -0.3 is 15.4 Å². The van der Waals surface area contributed by atoms with Crippen LogP contribution in [0.1, 0.15) is 33.1 Å². The molecule has 0 saturated carbocycles. The molecule has 2 unspecified atom stereocenters. The second-order valence-corrected chi connectivity index (χ2v) is 4.53. The summed E-state index contributed by atoms with van der Waals surface area (Å²) in [6, 6.07) is 0.00128. The molecular weight excluding hydrogens is 204 g/mol. The average molecular weight is 228 g/mol. The summed E-state index contributed by atoms with van der Waals surface area (Å²) in [5, 5.41) is 0. The van der Waals surface area contributed by atoms with Crippen molar-refractivity contribution in [2.45, 2.75) is 39.2 Å². The lowest BCUT2D eigenvalue weighted by Gasteiger charge is -2.24. The third-order valence-electron chi connectivity index (χ3n) is 3.20. The van der Waals surface area contributed by atoms with Crippen LogP contribution in [0.4, 0.5) is 0 Å². The van der Waals surface area contributed by atoms with Crippen LogP contribution in [0.25, 0.3) is 0 Å². The summed E-state index contributed by atoms with van der Waals surface area (Å²) >= 11 is 0. The summed E-state index contributed by atoms with van der Waals surface area (Å²) in [6.07, 6.45) is 2.40. The second kappa shape index (κ2) is 6.86. The number of nitrogens with two attached hydrogens (primary N) is 1. The zero-order chi connectivity index (χ0) is 12.0. The lowest BCUT2D eigenvalue weighted by Crippen LogP contribution is -2.38. The first kappa shape index (κ1) is 13.5. The predicted octanol–water partition coefficient (Wildman–Crippen LogP) is 0.999. The summed E-state index contributed by atoms with van der Waals surface area (Å²) in [5.74, 6) is 0.700. The molecule has 4 heteroatoms. The van der Waals surface area contributed by atoms with Gasteiger partial charge in [-0.25, -0.2) is 0 Å². The van der Waals surface area contributed by atoms with Gasteiger partial charge in [0, 0.05) is 38.1 Å². The van der Waals surface area contributed by atoms with Crippen LogP contribution in [0.3, 0.4) is 0 Å². The molecule has 4 nitrogen and oxygen atoms in total. The largest absolute Gasteiger partial charge is 0.381 e. The number of nitrogens with zero attached hydrogens (tertiary/aromatic N) is 1. The average Bonchev–Trinajstić information content (AvgIpc) is 2.78. The Hall–Kier alpha value is -0.610. The first-order chi connectivity index (χ1) is 7.67. The maximum Gasteiger partial charge on any atom is 0.224 e. The molecule has 1 saturated heterocycles. The van der Waals surface area contributed by atoms with Gasteiger partial charge in [0.1, 0.15) is 0 Å². The molecule has 2 N–H and O–H groups in total. The lowest BCUT2D eigenvalue weighted by molar-refractivity contribution is -0.132. The number of hydrogen-bond acceptors (Lipinski definition) is 3. The smallest absolute Gasteiger partial charge is 0.224 e. The highest BCUT2D eigenvalue weighted by molar-refractivity contribution is 5.76. The molecule has 0 radical (unpaired) electrons. The van der Waals surface area contributed by atoms with Crippen molar-refractivity contribution in [2.75, 3.05) is 26.3 Å². The fraction of sp³-hybridized carbons (Fsp3) is 0.917. The molecule has 1 fully saturated rings. The first-order valence-corrected chi connectivity index (χ1v) is 6.28. The summed E-state index contributed by atoms with van der Waals surface area (Å²) < 4.78 is 5.32. The number of hydrogen-bond donors (Lipinski definition) is 1. The molecule has 1 aliphatic rings. The van der Waals surface area contributed by atoms with E-state index in [2.05, 4.69) is 0 Å². The highest BCUT2D eigenvalue weighted by atomic mass is 16.5. The van der Waals surface area contributed by atoms with Gasteiger partial charge in [-0.15, -0.1) is 0 Å². The van der Waals surface area contributed by atoms with Crippen LogP contribution < -0.4 is 5.73 Å². The molecule has 0 aromatic rings. The van der Waals surface area contributed by atoms with E-state index >= 15 is 0 Å². The summed E-state index contributed by atoms with van der Waals surface area (Å²) in [6.45, 7) is 7.26. The molecule has 1 amide bonds. The minimum Gasteiger partial charge on any atom is -0.381 e. The van der Waals surface area contributed by atoms with Crippen molar-refractivity contribution < 1.29 is 9.53 Å². The van der Waals surface area contributed by atoms with E-state index in [1.165, 1.54) is 0 Å². The van der Waals surface area contributed by atoms with Crippen LogP contribution in [-0.4, -0.2) is 43.2 Å². The Morgan fingerprint density at radius 2 is 2.31 bits per heavy atom. The fourth-order valence-electron chi connectivity index (χ4n) is 1.94. The summed E-state index contributed by atoms with van der Waals surface area (Å²) in [7, 11) is 0. The van der Waals surface area contributed by atoms with Gasteiger partial charge in [0.25, 0.3) is 0 Å². The molecule has 2 atom stereocenters. The maximum atomic E-state index is 11.9. The standard InChI is InChI=1S/C12H24N2O2/c1-3-11(13)7-12(15)14(4-2)8-10-5-6-16-9-10/h10-11H,3-9,13H2,1-2H3. The zero-order valence-corrected chi connectivity index (χ0v) is 10.4. The number of carbonyl (C=O) groups excluding carboxylic acids is 1. The lowest BCUT2D eigenvalue weighted by atomic mass is 10.1. The fourth-order valence-corrected chi connectivity index (χ4v) is 1.94. The molecule has 94 valence electrons. The van der Waals surface area contributed by atoms with Gasteiger partial charge in [0.2, 0.25) is 5.91 Å². The normalized spacial score (nSPS) is 22.1. The van der Waals surface area contributed by atoms with E-state index in [1.807, 2.05) is 18.7 Å². The first-order valence-electron chi connectivity index (χ1n) is 6.28. The number of rotatable bonds is 6. The van der Waals surface area contributed by atoms with Gasteiger partial charge in [-0.3, -0.25) is 4.79 Å². The molecule has 1 heterocycles. The quantitative estimate of drug-likeness (QED) is 0.738. The van der Waals surface area contributed by atoms with Gasteiger partial charge in [0.05, 0.1) is 6.61 Å².